The molecule has 1 aliphatic heterocycles. The van der Waals surface area contributed by atoms with Crippen molar-refractivity contribution < 1.29 is 9.53 Å². The molecule has 1 N–H and O–H groups in total. The molecule has 2 fully saturated rings. The Bertz CT molecular complexity index is 217. The lowest BCUT2D eigenvalue weighted by molar-refractivity contribution is -0.155. The van der Waals surface area contributed by atoms with E-state index < -0.39 is 0 Å². The molecule has 74 valence electrons. The van der Waals surface area contributed by atoms with E-state index in [4.69, 9.17) is 4.74 Å². The zero-order valence-electron chi connectivity index (χ0n) is 8.14. The molecule has 0 spiro atoms. The molecule has 1 heterocycles. The van der Waals surface area contributed by atoms with E-state index >= 15 is 0 Å². The van der Waals surface area contributed by atoms with Gasteiger partial charge in [-0.2, -0.15) is 0 Å². The van der Waals surface area contributed by atoms with Gasteiger partial charge in [0.1, 0.15) is 0 Å². The van der Waals surface area contributed by atoms with E-state index in [1.165, 1.54) is 7.11 Å². The average Bonchev–Trinajstić information content (AvgIpc) is 2.61. The van der Waals surface area contributed by atoms with Gasteiger partial charge in [0.15, 0.2) is 0 Å². The second kappa shape index (κ2) is 3.29. The first-order chi connectivity index (χ1) is 6.29. The molecule has 13 heavy (non-hydrogen) atoms. The van der Waals surface area contributed by atoms with Gasteiger partial charge in [0.25, 0.3) is 0 Å². The summed E-state index contributed by atoms with van der Waals surface area (Å²) in [7, 11) is 1.50. The molecule has 2 rings (SSSR count). The van der Waals surface area contributed by atoms with Crippen molar-refractivity contribution in [1.29, 1.82) is 0 Å². The zero-order valence-corrected chi connectivity index (χ0v) is 8.14. The number of piperidine rings is 1. The van der Waals surface area contributed by atoms with Crippen molar-refractivity contribution in [3.8, 4) is 0 Å². The van der Waals surface area contributed by atoms with Crippen molar-refractivity contribution >= 4 is 5.97 Å². The Labute approximate surface area is 78.8 Å². The van der Waals surface area contributed by atoms with Gasteiger partial charge in [-0.1, -0.05) is 6.42 Å². The number of fused-ring (bicyclic) bond motifs is 1. The van der Waals surface area contributed by atoms with E-state index in [-0.39, 0.29) is 11.4 Å². The van der Waals surface area contributed by atoms with E-state index in [2.05, 4.69) is 5.32 Å². The van der Waals surface area contributed by atoms with Gasteiger partial charge in [-0.3, -0.25) is 4.79 Å². The second-order valence-electron chi connectivity index (χ2n) is 4.15. The van der Waals surface area contributed by atoms with E-state index in [9.17, 15) is 4.79 Å². The van der Waals surface area contributed by atoms with Crippen molar-refractivity contribution in [3.63, 3.8) is 0 Å². The van der Waals surface area contributed by atoms with Gasteiger partial charge in [-0.25, -0.2) is 0 Å². The van der Waals surface area contributed by atoms with Crippen LogP contribution in [0.1, 0.15) is 32.1 Å². The molecule has 0 unspecified atom stereocenters. The van der Waals surface area contributed by atoms with Crippen molar-refractivity contribution in [3.05, 3.63) is 0 Å². The number of ether oxygens (including phenoxy) is 1. The van der Waals surface area contributed by atoms with Crippen LogP contribution in [0, 0.1) is 5.41 Å². The van der Waals surface area contributed by atoms with E-state index in [1.54, 1.807) is 0 Å². The van der Waals surface area contributed by atoms with Crippen molar-refractivity contribution in [2.45, 2.75) is 38.1 Å². The molecular weight excluding hydrogens is 166 g/mol. The molecular formula is C10H17NO2. The van der Waals surface area contributed by atoms with Gasteiger partial charge in [0.05, 0.1) is 12.5 Å². The molecule has 3 heteroatoms. The third-order valence-electron chi connectivity index (χ3n) is 3.57. The quantitative estimate of drug-likeness (QED) is 0.618. The summed E-state index contributed by atoms with van der Waals surface area (Å²) in [6.45, 7) is 1.06. The van der Waals surface area contributed by atoms with E-state index in [0.717, 1.165) is 38.6 Å². The fourth-order valence-corrected chi connectivity index (χ4v) is 2.90. The monoisotopic (exact) mass is 183 g/mol. The Morgan fingerprint density at radius 1 is 1.46 bits per heavy atom. The highest BCUT2D eigenvalue weighted by Gasteiger charge is 2.50. The van der Waals surface area contributed by atoms with Gasteiger partial charge in [-0.15, -0.1) is 0 Å². The molecule has 0 bridgehead atoms. The summed E-state index contributed by atoms with van der Waals surface area (Å²) in [6, 6.07) is 0.383. The Hall–Kier alpha value is -0.570. The molecule has 0 aromatic rings. The summed E-state index contributed by atoms with van der Waals surface area (Å²) in [6.07, 6.45) is 5.42. The molecule has 1 aliphatic carbocycles. The number of esters is 1. The lowest BCUT2D eigenvalue weighted by Crippen LogP contribution is -2.51. The number of carbonyl (C=O) groups excluding carboxylic acids is 1. The van der Waals surface area contributed by atoms with E-state index in [0.29, 0.717) is 6.04 Å². The lowest BCUT2D eigenvalue weighted by Gasteiger charge is -2.37. The summed E-state index contributed by atoms with van der Waals surface area (Å²) in [5, 5.41) is 3.44. The minimum absolute atomic E-state index is 0.00204. The van der Waals surface area contributed by atoms with Crippen molar-refractivity contribution in [1.82, 2.24) is 5.32 Å². The Morgan fingerprint density at radius 3 is 3.00 bits per heavy atom. The number of nitrogens with one attached hydrogen (secondary N) is 1. The molecule has 1 saturated carbocycles. The number of hydrogen-bond donors (Lipinski definition) is 1. The highest BCUT2D eigenvalue weighted by Crippen LogP contribution is 2.44. The Balaban J connectivity index is 2.20. The van der Waals surface area contributed by atoms with Gasteiger partial charge in [0, 0.05) is 6.04 Å². The van der Waals surface area contributed by atoms with Crippen LogP contribution in [0.25, 0.3) is 0 Å². The second-order valence-corrected chi connectivity index (χ2v) is 4.15. The summed E-state index contributed by atoms with van der Waals surface area (Å²) >= 11 is 0. The molecule has 0 aromatic carbocycles. The predicted molar refractivity (Wildman–Crippen MR) is 49.3 cm³/mol. The van der Waals surface area contributed by atoms with Crippen LogP contribution in [0.4, 0.5) is 0 Å². The number of methoxy groups -OCH3 is 1. The first-order valence-corrected chi connectivity index (χ1v) is 5.11. The number of carbonyl (C=O) groups is 1. The molecule has 1 saturated heterocycles. The SMILES string of the molecule is COC(=O)[C@@]12CCCN[C@@H]1CCC2. The Morgan fingerprint density at radius 2 is 2.23 bits per heavy atom. The van der Waals surface area contributed by atoms with Crippen LogP contribution in [0.2, 0.25) is 0 Å². The minimum atomic E-state index is -0.174. The molecule has 3 nitrogen and oxygen atoms in total. The van der Waals surface area contributed by atoms with Crippen LogP contribution >= 0.6 is 0 Å². The zero-order chi connectivity index (χ0) is 9.31. The van der Waals surface area contributed by atoms with Crippen LogP contribution in [0.5, 0.6) is 0 Å². The highest BCUT2D eigenvalue weighted by atomic mass is 16.5. The molecule has 0 aromatic heterocycles. The maximum atomic E-state index is 11.7. The normalized spacial score (nSPS) is 38.4. The standard InChI is InChI=1S/C10H17NO2/c1-13-9(12)10-5-2-4-8(10)11-7-3-6-10/h8,11H,2-7H2,1H3/t8-,10+/m1/s1. The molecule has 0 radical (unpaired) electrons. The van der Waals surface area contributed by atoms with Crippen LogP contribution in [0.15, 0.2) is 0 Å². The van der Waals surface area contributed by atoms with Crippen molar-refractivity contribution in [2.75, 3.05) is 13.7 Å². The van der Waals surface area contributed by atoms with Crippen LogP contribution in [-0.4, -0.2) is 25.7 Å². The van der Waals surface area contributed by atoms with E-state index in [1.807, 2.05) is 0 Å². The first-order valence-electron chi connectivity index (χ1n) is 5.11. The third-order valence-corrected chi connectivity index (χ3v) is 3.57. The van der Waals surface area contributed by atoms with Crippen LogP contribution < -0.4 is 5.32 Å². The number of hydrogen-bond acceptors (Lipinski definition) is 3. The topological polar surface area (TPSA) is 38.3 Å². The molecule has 2 atom stereocenters. The summed E-state index contributed by atoms with van der Waals surface area (Å²) in [5.41, 5.74) is -0.174. The minimum Gasteiger partial charge on any atom is -0.469 e. The highest BCUT2D eigenvalue weighted by molar-refractivity contribution is 5.78. The van der Waals surface area contributed by atoms with Gasteiger partial charge < -0.3 is 10.1 Å². The first kappa shape index (κ1) is 9.00. The fraction of sp³-hybridized carbons (Fsp3) is 0.900. The molecule has 2 aliphatic rings. The maximum absolute atomic E-state index is 11.7. The lowest BCUT2D eigenvalue weighted by atomic mass is 9.76. The van der Waals surface area contributed by atoms with Gasteiger partial charge in [0.2, 0.25) is 0 Å². The smallest absolute Gasteiger partial charge is 0.313 e. The van der Waals surface area contributed by atoms with Gasteiger partial charge >= 0.3 is 5.97 Å². The van der Waals surface area contributed by atoms with Crippen molar-refractivity contribution in [2.24, 2.45) is 5.41 Å². The average molecular weight is 183 g/mol. The summed E-state index contributed by atoms with van der Waals surface area (Å²) in [4.78, 5) is 11.7. The summed E-state index contributed by atoms with van der Waals surface area (Å²) in [5.74, 6) is 0.00204. The predicted octanol–water partition coefficient (Wildman–Crippen LogP) is 1.08. The molecule has 0 amide bonds. The van der Waals surface area contributed by atoms with Crippen LogP contribution in [0.3, 0.4) is 0 Å². The largest absolute Gasteiger partial charge is 0.469 e. The van der Waals surface area contributed by atoms with Crippen LogP contribution in [-0.2, 0) is 9.53 Å². The fourth-order valence-electron chi connectivity index (χ4n) is 2.90. The maximum Gasteiger partial charge on any atom is 0.313 e. The third kappa shape index (κ3) is 1.26. The van der Waals surface area contributed by atoms with Gasteiger partial charge in [-0.05, 0) is 32.2 Å². The summed E-state index contributed by atoms with van der Waals surface area (Å²) < 4.78 is 4.92. The number of rotatable bonds is 1. The Kier molecular flexibility index (Phi) is 2.28.